The maximum atomic E-state index is 5.96. The highest BCUT2D eigenvalue weighted by Gasteiger charge is 1.99. The Kier molecular flexibility index (Phi) is 6.18. The molecule has 0 unspecified atom stereocenters. The Balaban J connectivity index is 1.92. The number of hydrogen-bond acceptors (Lipinski definition) is 2. The first-order valence-corrected chi connectivity index (χ1v) is 7.88. The average Bonchev–Trinajstić information content (AvgIpc) is 2.55. The summed E-state index contributed by atoms with van der Waals surface area (Å²) < 4.78 is 5.38. The van der Waals surface area contributed by atoms with Gasteiger partial charge in [0.05, 0.1) is 13.2 Å². The topological polar surface area (TPSA) is 59.6 Å². The Bertz CT molecular complexity index is 663. The van der Waals surface area contributed by atoms with E-state index < -0.39 is 0 Å². The molecule has 0 heterocycles. The third-order valence-corrected chi connectivity index (χ3v) is 3.71. The van der Waals surface area contributed by atoms with Crippen LogP contribution in [0.2, 0.25) is 0 Å². The number of aliphatic imine (C=N–C) groups is 1. The molecule has 0 aliphatic carbocycles. The van der Waals surface area contributed by atoms with Gasteiger partial charge in [0.25, 0.3) is 0 Å². The lowest BCUT2D eigenvalue weighted by Crippen LogP contribution is -2.22. The van der Waals surface area contributed by atoms with Crippen molar-refractivity contribution in [2.24, 2.45) is 10.7 Å². The van der Waals surface area contributed by atoms with Gasteiger partial charge in [0.1, 0.15) is 0 Å². The number of hydrogen-bond donors (Lipinski definition) is 2. The highest BCUT2D eigenvalue weighted by Crippen LogP contribution is 2.14. The highest BCUT2D eigenvalue weighted by molar-refractivity contribution is 5.92. The number of aryl methyl sites for hydroxylation is 2. The molecule has 0 saturated carbocycles. The van der Waals surface area contributed by atoms with Gasteiger partial charge in [-0.05, 0) is 55.2 Å². The Morgan fingerprint density at radius 2 is 1.74 bits per heavy atom. The van der Waals surface area contributed by atoms with Crippen LogP contribution in [0, 0.1) is 13.8 Å². The molecule has 2 aromatic rings. The molecule has 3 N–H and O–H groups in total. The molecule has 0 radical (unpaired) electrons. The predicted octanol–water partition coefficient (Wildman–Crippen LogP) is 3.77. The predicted molar refractivity (Wildman–Crippen MR) is 96.6 cm³/mol. The fraction of sp³-hybridized carbons (Fsp3) is 0.316. The van der Waals surface area contributed by atoms with Gasteiger partial charge < -0.3 is 15.8 Å². The Morgan fingerprint density at radius 3 is 2.39 bits per heavy atom. The van der Waals surface area contributed by atoms with Crippen LogP contribution < -0.4 is 11.1 Å². The van der Waals surface area contributed by atoms with Crippen LogP contribution in [-0.2, 0) is 17.9 Å². The van der Waals surface area contributed by atoms with Crippen LogP contribution in [0.4, 0.5) is 5.69 Å². The van der Waals surface area contributed by atoms with Gasteiger partial charge in [-0.25, -0.2) is 4.99 Å². The minimum absolute atomic E-state index is 0.423. The minimum atomic E-state index is 0.423. The molecule has 4 nitrogen and oxygen atoms in total. The Morgan fingerprint density at radius 1 is 1.04 bits per heavy atom. The Labute approximate surface area is 138 Å². The number of ether oxygens (including phenoxy) is 1. The van der Waals surface area contributed by atoms with Crippen LogP contribution in [-0.4, -0.2) is 12.6 Å². The first kappa shape index (κ1) is 17.0. The fourth-order valence-corrected chi connectivity index (χ4v) is 2.14. The molecule has 0 aliphatic heterocycles. The van der Waals surface area contributed by atoms with Gasteiger partial charge >= 0.3 is 0 Å². The minimum Gasteiger partial charge on any atom is -0.377 e. The van der Waals surface area contributed by atoms with Gasteiger partial charge in [-0.3, -0.25) is 0 Å². The van der Waals surface area contributed by atoms with Gasteiger partial charge in [0.2, 0.25) is 0 Å². The second-order valence-corrected chi connectivity index (χ2v) is 5.58. The number of benzene rings is 2. The van der Waals surface area contributed by atoms with Crippen LogP contribution >= 0.6 is 0 Å². The summed E-state index contributed by atoms with van der Waals surface area (Å²) in [6.45, 7) is 8.10. The smallest absolute Gasteiger partial charge is 0.193 e. The highest BCUT2D eigenvalue weighted by atomic mass is 16.5. The summed E-state index contributed by atoms with van der Waals surface area (Å²) in [6.07, 6.45) is 0. The van der Waals surface area contributed by atoms with E-state index in [0.717, 1.165) is 17.9 Å². The van der Waals surface area contributed by atoms with E-state index in [4.69, 9.17) is 10.5 Å². The van der Waals surface area contributed by atoms with E-state index in [1.54, 1.807) is 0 Å². The zero-order valence-electron chi connectivity index (χ0n) is 14.1. The second kappa shape index (κ2) is 8.34. The molecule has 0 fully saturated rings. The normalized spacial score (nSPS) is 11.5. The molecule has 0 spiro atoms. The lowest BCUT2D eigenvalue weighted by molar-refractivity contribution is 0.134. The van der Waals surface area contributed by atoms with Crippen molar-refractivity contribution < 1.29 is 4.74 Å². The molecule has 0 amide bonds. The van der Waals surface area contributed by atoms with E-state index >= 15 is 0 Å². The Hall–Kier alpha value is -2.33. The molecular weight excluding hydrogens is 286 g/mol. The van der Waals surface area contributed by atoms with Gasteiger partial charge in [-0.2, -0.15) is 0 Å². The van der Waals surface area contributed by atoms with E-state index in [1.807, 2.05) is 13.0 Å². The quantitative estimate of drug-likeness (QED) is 0.630. The van der Waals surface area contributed by atoms with Crippen molar-refractivity contribution in [2.75, 3.05) is 11.9 Å². The van der Waals surface area contributed by atoms with Crippen LogP contribution in [0.5, 0.6) is 0 Å². The summed E-state index contributed by atoms with van der Waals surface area (Å²) in [4.78, 5) is 4.39. The molecule has 0 aliphatic rings. The average molecular weight is 311 g/mol. The zero-order valence-corrected chi connectivity index (χ0v) is 14.1. The third-order valence-electron chi connectivity index (χ3n) is 3.71. The maximum Gasteiger partial charge on any atom is 0.193 e. The summed E-state index contributed by atoms with van der Waals surface area (Å²) in [5.41, 5.74) is 11.7. The number of nitrogens with two attached hydrogens (primary N) is 1. The summed E-state index contributed by atoms with van der Waals surface area (Å²) in [5, 5.41) is 3.13. The van der Waals surface area contributed by atoms with E-state index in [1.165, 1.54) is 16.7 Å². The van der Waals surface area contributed by atoms with Crippen molar-refractivity contribution in [3.63, 3.8) is 0 Å². The molecule has 0 bridgehead atoms. The third kappa shape index (κ3) is 5.42. The van der Waals surface area contributed by atoms with Gasteiger partial charge in [-0.1, -0.05) is 30.3 Å². The van der Waals surface area contributed by atoms with Crippen molar-refractivity contribution in [1.82, 2.24) is 0 Å². The van der Waals surface area contributed by atoms with Crippen LogP contribution in [0.15, 0.2) is 47.5 Å². The molecule has 122 valence electrons. The molecule has 4 heteroatoms. The monoisotopic (exact) mass is 311 g/mol. The summed E-state index contributed by atoms with van der Waals surface area (Å²) in [5.74, 6) is 0.423. The molecule has 0 aromatic heterocycles. The van der Waals surface area contributed by atoms with E-state index in [9.17, 15) is 0 Å². The second-order valence-electron chi connectivity index (χ2n) is 5.58. The number of nitrogens with zero attached hydrogens (tertiary/aromatic N) is 1. The summed E-state index contributed by atoms with van der Waals surface area (Å²) >= 11 is 0. The van der Waals surface area contributed by atoms with E-state index in [-0.39, 0.29) is 0 Å². The van der Waals surface area contributed by atoms with Crippen molar-refractivity contribution in [3.05, 3.63) is 64.7 Å². The van der Waals surface area contributed by atoms with Crippen molar-refractivity contribution in [1.29, 1.82) is 0 Å². The lowest BCUT2D eigenvalue weighted by Gasteiger charge is -2.08. The lowest BCUT2D eigenvalue weighted by atomic mass is 10.1. The maximum absolute atomic E-state index is 5.96. The van der Waals surface area contributed by atoms with Crippen LogP contribution in [0.1, 0.15) is 29.2 Å². The van der Waals surface area contributed by atoms with E-state index in [2.05, 4.69) is 60.6 Å². The SMILES string of the molecule is CCOCc1ccc(CN=C(N)Nc2ccc(C)c(C)c2)cc1. The number of guanidine groups is 1. The largest absolute Gasteiger partial charge is 0.377 e. The zero-order chi connectivity index (χ0) is 16.7. The summed E-state index contributed by atoms with van der Waals surface area (Å²) in [7, 11) is 0. The molecule has 2 rings (SSSR count). The summed E-state index contributed by atoms with van der Waals surface area (Å²) in [6, 6.07) is 14.4. The molecule has 0 saturated heterocycles. The van der Waals surface area contributed by atoms with E-state index in [0.29, 0.717) is 19.1 Å². The van der Waals surface area contributed by atoms with Crippen molar-refractivity contribution in [2.45, 2.75) is 33.9 Å². The van der Waals surface area contributed by atoms with Gasteiger partial charge in [0.15, 0.2) is 5.96 Å². The van der Waals surface area contributed by atoms with Crippen LogP contribution in [0.25, 0.3) is 0 Å². The fourth-order valence-electron chi connectivity index (χ4n) is 2.14. The number of anilines is 1. The van der Waals surface area contributed by atoms with Crippen molar-refractivity contribution >= 4 is 11.6 Å². The van der Waals surface area contributed by atoms with Gasteiger partial charge in [-0.15, -0.1) is 0 Å². The molecule has 0 atom stereocenters. The number of nitrogens with one attached hydrogen (secondary N) is 1. The van der Waals surface area contributed by atoms with Gasteiger partial charge in [0, 0.05) is 12.3 Å². The first-order chi connectivity index (χ1) is 11.1. The number of rotatable bonds is 6. The molecular formula is C19H25N3O. The van der Waals surface area contributed by atoms with Crippen molar-refractivity contribution in [3.8, 4) is 0 Å². The molecule has 23 heavy (non-hydrogen) atoms. The first-order valence-electron chi connectivity index (χ1n) is 7.88. The molecule has 2 aromatic carbocycles. The van der Waals surface area contributed by atoms with Crippen LogP contribution in [0.3, 0.4) is 0 Å². The standard InChI is InChI=1S/C19H25N3O/c1-4-23-13-17-8-6-16(7-9-17)12-21-19(20)22-18-10-5-14(2)15(3)11-18/h5-11H,4,12-13H2,1-3H3,(H3,20,21,22).